The van der Waals surface area contributed by atoms with Gasteiger partial charge in [-0.1, -0.05) is 51.8 Å². The number of amides is 1. The molecule has 0 unspecified atom stereocenters. The van der Waals surface area contributed by atoms with Gasteiger partial charge in [-0.15, -0.1) is 0 Å². The van der Waals surface area contributed by atoms with Gasteiger partial charge < -0.3 is 9.50 Å². The van der Waals surface area contributed by atoms with E-state index >= 15 is 0 Å². The minimum Gasteiger partial charge on any atom is -0.377 e. The van der Waals surface area contributed by atoms with E-state index in [2.05, 4.69) is 37.2 Å². The molecule has 9 heteroatoms. The van der Waals surface area contributed by atoms with Gasteiger partial charge in [-0.2, -0.15) is 13.7 Å². The number of anilines is 1. The van der Waals surface area contributed by atoms with Crippen molar-refractivity contribution in [3.63, 3.8) is 0 Å². The van der Waals surface area contributed by atoms with Crippen molar-refractivity contribution in [2.75, 3.05) is 5.32 Å². The van der Waals surface area contributed by atoms with E-state index in [-0.39, 0.29) is 21.8 Å². The summed E-state index contributed by atoms with van der Waals surface area (Å²) in [6, 6.07) is 19.8. The number of carbonyl (C=O) groups excluding carboxylic acids is 1. The van der Waals surface area contributed by atoms with Crippen LogP contribution in [-0.2, 0) is 14.9 Å². The highest BCUT2D eigenvalue weighted by molar-refractivity contribution is 9.11. The number of halogens is 2. The number of benzene rings is 3. The van der Waals surface area contributed by atoms with Crippen molar-refractivity contribution in [2.24, 2.45) is 0 Å². The van der Waals surface area contributed by atoms with Crippen LogP contribution in [0.5, 0.6) is 5.75 Å². The molecule has 0 spiro atoms. The fourth-order valence-corrected chi connectivity index (χ4v) is 5.10. The summed E-state index contributed by atoms with van der Waals surface area (Å²) in [5.41, 5.74) is 1.55. The second-order valence-corrected chi connectivity index (χ2v) is 9.96. The largest absolute Gasteiger partial charge is 0.377 e. The van der Waals surface area contributed by atoms with Crippen LogP contribution in [0.3, 0.4) is 0 Å². The molecule has 0 aliphatic rings. The molecule has 32 heavy (non-hydrogen) atoms. The van der Waals surface area contributed by atoms with Gasteiger partial charge in [-0.05, 0) is 65.3 Å². The van der Waals surface area contributed by atoms with Gasteiger partial charge in [0.2, 0.25) is 0 Å². The monoisotopic (exact) mass is 574 g/mol. The van der Waals surface area contributed by atoms with E-state index in [0.29, 0.717) is 14.6 Å². The molecular weight excluding hydrogens is 560 g/mol. The third-order valence-corrected chi connectivity index (χ3v) is 6.52. The first-order valence-corrected chi connectivity index (χ1v) is 12.2. The SMILES string of the molecule is Cc1ccc(NC(=O)/C(C#N)=C/c2cc(Br)cc(Br)c2OS(=O)(=O)c2ccccc2)cc1. The Morgan fingerprint density at radius 1 is 1.06 bits per heavy atom. The van der Waals surface area contributed by atoms with Gasteiger partial charge in [-0.3, -0.25) is 4.79 Å². The van der Waals surface area contributed by atoms with Crippen molar-refractivity contribution < 1.29 is 17.4 Å². The van der Waals surface area contributed by atoms with E-state index in [0.717, 1.165) is 5.56 Å². The topological polar surface area (TPSA) is 96.3 Å². The van der Waals surface area contributed by atoms with Crippen LogP contribution in [0.2, 0.25) is 0 Å². The van der Waals surface area contributed by atoms with E-state index < -0.39 is 16.0 Å². The molecule has 1 N–H and O–H groups in total. The molecule has 0 aliphatic carbocycles. The predicted molar refractivity (Wildman–Crippen MR) is 129 cm³/mol. The lowest BCUT2D eigenvalue weighted by Gasteiger charge is -2.13. The number of carbonyl (C=O) groups is 1. The Bertz CT molecular complexity index is 1330. The van der Waals surface area contributed by atoms with Gasteiger partial charge >= 0.3 is 10.1 Å². The molecular formula is C23H16Br2N2O4S. The van der Waals surface area contributed by atoms with E-state index in [1.807, 2.05) is 25.1 Å². The van der Waals surface area contributed by atoms with Crippen LogP contribution in [0, 0.1) is 18.3 Å². The standard InChI is InChI=1S/C23H16Br2N2O4S/c1-15-7-9-19(10-8-15)27-23(28)17(14-26)11-16-12-18(24)13-21(25)22(16)31-32(29,30)20-5-3-2-4-6-20/h2-13H,1H3,(H,27,28)/b17-11+. The zero-order valence-corrected chi connectivity index (χ0v) is 20.7. The number of nitriles is 1. The number of nitrogens with one attached hydrogen (secondary N) is 1. The lowest BCUT2D eigenvalue weighted by molar-refractivity contribution is -0.112. The molecule has 0 atom stereocenters. The van der Waals surface area contributed by atoms with Crippen molar-refractivity contribution in [1.82, 2.24) is 0 Å². The first-order valence-electron chi connectivity index (χ1n) is 9.18. The number of rotatable bonds is 6. The molecule has 0 radical (unpaired) electrons. The Morgan fingerprint density at radius 3 is 2.34 bits per heavy atom. The molecule has 0 saturated carbocycles. The zero-order chi connectivity index (χ0) is 23.3. The van der Waals surface area contributed by atoms with Crippen LogP contribution in [-0.4, -0.2) is 14.3 Å². The minimum atomic E-state index is -4.14. The Kier molecular flexibility index (Phi) is 7.51. The minimum absolute atomic E-state index is 0.0256. The van der Waals surface area contributed by atoms with Crippen LogP contribution < -0.4 is 9.50 Å². The fraction of sp³-hybridized carbons (Fsp3) is 0.0435. The maximum Gasteiger partial charge on any atom is 0.339 e. The zero-order valence-electron chi connectivity index (χ0n) is 16.7. The average molecular weight is 576 g/mol. The quantitative estimate of drug-likeness (QED) is 0.226. The molecule has 0 aromatic heterocycles. The first kappa shape index (κ1) is 23.7. The van der Waals surface area contributed by atoms with Crippen LogP contribution in [0.4, 0.5) is 5.69 Å². The van der Waals surface area contributed by atoms with Crippen LogP contribution in [0.1, 0.15) is 11.1 Å². The second-order valence-electron chi connectivity index (χ2n) is 6.65. The molecule has 0 fully saturated rings. The number of nitrogens with zero attached hydrogens (tertiary/aromatic N) is 1. The lowest BCUT2D eigenvalue weighted by atomic mass is 10.1. The Labute approximate surface area is 202 Å². The van der Waals surface area contributed by atoms with Crippen molar-refractivity contribution in [3.8, 4) is 11.8 Å². The summed E-state index contributed by atoms with van der Waals surface area (Å²) in [4.78, 5) is 12.6. The Morgan fingerprint density at radius 2 is 1.72 bits per heavy atom. The lowest BCUT2D eigenvalue weighted by Crippen LogP contribution is -2.14. The maximum atomic E-state index is 12.7. The molecule has 3 rings (SSSR count). The van der Waals surface area contributed by atoms with Crippen molar-refractivity contribution in [3.05, 3.63) is 92.4 Å². The summed E-state index contributed by atoms with van der Waals surface area (Å²) < 4.78 is 31.8. The normalized spacial score (nSPS) is 11.5. The number of hydrogen-bond acceptors (Lipinski definition) is 5. The summed E-state index contributed by atoms with van der Waals surface area (Å²) in [7, 11) is -4.14. The van der Waals surface area contributed by atoms with Crippen LogP contribution >= 0.6 is 31.9 Å². The summed E-state index contributed by atoms with van der Waals surface area (Å²) in [6.07, 6.45) is 1.27. The van der Waals surface area contributed by atoms with E-state index in [4.69, 9.17) is 4.18 Å². The van der Waals surface area contributed by atoms with E-state index in [1.54, 1.807) is 42.5 Å². The molecule has 162 valence electrons. The number of aryl methyl sites for hydroxylation is 1. The predicted octanol–water partition coefficient (Wildman–Crippen LogP) is 5.83. The van der Waals surface area contributed by atoms with Crippen LogP contribution in [0.15, 0.2) is 86.1 Å². The molecule has 0 bridgehead atoms. The Hall–Kier alpha value is -2.93. The smallest absolute Gasteiger partial charge is 0.339 e. The molecule has 0 heterocycles. The Balaban J connectivity index is 1.99. The summed E-state index contributed by atoms with van der Waals surface area (Å²) >= 11 is 6.63. The molecule has 3 aromatic carbocycles. The summed E-state index contributed by atoms with van der Waals surface area (Å²) in [5, 5.41) is 12.2. The van der Waals surface area contributed by atoms with Gasteiger partial charge in [-0.25, -0.2) is 0 Å². The summed E-state index contributed by atoms with van der Waals surface area (Å²) in [5.74, 6) is -0.683. The molecule has 1 amide bonds. The fourth-order valence-electron chi connectivity index (χ4n) is 2.66. The maximum absolute atomic E-state index is 12.7. The van der Waals surface area contributed by atoms with Crippen molar-refractivity contribution in [2.45, 2.75) is 11.8 Å². The third kappa shape index (κ3) is 5.85. The third-order valence-electron chi connectivity index (χ3n) is 4.24. The summed E-state index contributed by atoms with van der Waals surface area (Å²) in [6.45, 7) is 1.92. The van der Waals surface area contributed by atoms with Gasteiger partial charge in [0.25, 0.3) is 5.91 Å². The highest BCUT2D eigenvalue weighted by atomic mass is 79.9. The molecule has 3 aromatic rings. The van der Waals surface area contributed by atoms with Crippen LogP contribution in [0.25, 0.3) is 6.08 Å². The second kappa shape index (κ2) is 10.1. The number of hydrogen-bond donors (Lipinski definition) is 1. The van der Waals surface area contributed by atoms with Gasteiger partial charge in [0, 0.05) is 15.7 Å². The van der Waals surface area contributed by atoms with Gasteiger partial charge in [0.15, 0.2) is 5.75 Å². The highest BCUT2D eigenvalue weighted by Crippen LogP contribution is 2.36. The molecule has 0 saturated heterocycles. The first-order chi connectivity index (χ1) is 15.2. The van der Waals surface area contributed by atoms with Crippen molar-refractivity contribution in [1.29, 1.82) is 5.26 Å². The highest BCUT2D eigenvalue weighted by Gasteiger charge is 2.21. The molecule has 0 aliphatic heterocycles. The average Bonchev–Trinajstić information content (AvgIpc) is 2.76. The van der Waals surface area contributed by atoms with Gasteiger partial charge in [0.1, 0.15) is 16.5 Å². The van der Waals surface area contributed by atoms with E-state index in [9.17, 15) is 18.5 Å². The van der Waals surface area contributed by atoms with Gasteiger partial charge in [0.05, 0.1) is 4.47 Å². The van der Waals surface area contributed by atoms with E-state index in [1.165, 1.54) is 18.2 Å². The van der Waals surface area contributed by atoms with Crippen molar-refractivity contribution >= 4 is 59.6 Å². The molecule has 6 nitrogen and oxygen atoms in total.